The summed E-state index contributed by atoms with van der Waals surface area (Å²) in [6, 6.07) is 2.31. The second-order valence-corrected chi connectivity index (χ2v) is 5.23. The lowest BCUT2D eigenvalue weighted by molar-refractivity contribution is 0.0323. The highest BCUT2D eigenvalue weighted by molar-refractivity contribution is 4.91. The molecule has 0 aromatic carbocycles. The minimum atomic E-state index is -0.231. The van der Waals surface area contributed by atoms with E-state index in [1.165, 1.54) is 38.5 Å². The van der Waals surface area contributed by atoms with E-state index in [0.717, 1.165) is 13.0 Å². The molecule has 2 nitrogen and oxygen atoms in total. The Labute approximate surface area is 93.6 Å². The maximum absolute atomic E-state index is 8.87. The van der Waals surface area contributed by atoms with E-state index in [-0.39, 0.29) is 5.41 Å². The summed E-state index contributed by atoms with van der Waals surface area (Å²) in [6.07, 6.45) is 9.09. The molecule has 0 aromatic heterocycles. The highest BCUT2D eigenvalue weighted by Gasteiger charge is 2.18. The van der Waals surface area contributed by atoms with Crippen molar-refractivity contribution in [2.75, 3.05) is 6.61 Å². The van der Waals surface area contributed by atoms with Crippen LogP contribution in [0.2, 0.25) is 0 Å². The first kappa shape index (κ1) is 12.5. The Morgan fingerprint density at radius 1 is 1.20 bits per heavy atom. The van der Waals surface area contributed by atoms with E-state index in [2.05, 4.69) is 6.07 Å². The average Bonchev–Trinajstić information content (AvgIpc) is 2.46. The zero-order valence-electron chi connectivity index (χ0n) is 10.1. The number of ether oxygens (including phenoxy) is 1. The molecule has 1 fully saturated rings. The first-order valence-electron chi connectivity index (χ1n) is 6.17. The molecule has 0 radical (unpaired) electrons. The lowest BCUT2D eigenvalue weighted by Crippen LogP contribution is -2.17. The van der Waals surface area contributed by atoms with Crippen molar-refractivity contribution in [2.45, 2.75) is 64.9 Å². The van der Waals surface area contributed by atoms with E-state index < -0.39 is 0 Å². The van der Waals surface area contributed by atoms with Crippen LogP contribution in [0.3, 0.4) is 0 Å². The average molecular weight is 209 g/mol. The van der Waals surface area contributed by atoms with Gasteiger partial charge in [-0.05, 0) is 33.1 Å². The summed E-state index contributed by atoms with van der Waals surface area (Å²) in [5.74, 6) is 0. The van der Waals surface area contributed by atoms with Gasteiger partial charge in [-0.1, -0.05) is 25.7 Å². The second-order valence-electron chi connectivity index (χ2n) is 5.23. The van der Waals surface area contributed by atoms with Crippen LogP contribution in [0.25, 0.3) is 0 Å². The van der Waals surface area contributed by atoms with E-state index in [0.29, 0.717) is 6.10 Å². The highest BCUT2D eigenvalue weighted by atomic mass is 16.5. The maximum Gasteiger partial charge on any atom is 0.0684 e. The third-order valence-electron chi connectivity index (χ3n) is 3.19. The van der Waals surface area contributed by atoms with Gasteiger partial charge in [0.15, 0.2) is 0 Å². The second kappa shape index (κ2) is 6.12. The van der Waals surface area contributed by atoms with Crippen LogP contribution < -0.4 is 0 Å². The van der Waals surface area contributed by atoms with Crippen molar-refractivity contribution >= 4 is 0 Å². The largest absolute Gasteiger partial charge is 0.378 e. The van der Waals surface area contributed by atoms with Crippen molar-refractivity contribution in [3.05, 3.63) is 0 Å². The van der Waals surface area contributed by atoms with Gasteiger partial charge in [-0.15, -0.1) is 0 Å². The molecular weight excluding hydrogens is 186 g/mol. The highest BCUT2D eigenvalue weighted by Crippen LogP contribution is 2.22. The van der Waals surface area contributed by atoms with E-state index >= 15 is 0 Å². The van der Waals surface area contributed by atoms with Crippen LogP contribution in [-0.2, 0) is 4.74 Å². The lowest BCUT2D eigenvalue weighted by Gasteiger charge is -2.19. The van der Waals surface area contributed by atoms with Crippen LogP contribution >= 0.6 is 0 Å². The maximum atomic E-state index is 8.87. The molecule has 2 heteroatoms. The molecule has 0 N–H and O–H groups in total. The summed E-state index contributed by atoms with van der Waals surface area (Å²) in [7, 11) is 0. The number of hydrogen-bond acceptors (Lipinski definition) is 2. The number of rotatable bonds is 4. The minimum Gasteiger partial charge on any atom is -0.378 e. The number of nitrogens with zero attached hydrogens (tertiary/aromatic N) is 1. The molecular formula is C13H23NO. The molecule has 0 atom stereocenters. The van der Waals surface area contributed by atoms with Gasteiger partial charge >= 0.3 is 0 Å². The molecule has 0 saturated heterocycles. The Kier molecular flexibility index (Phi) is 5.11. The molecule has 0 bridgehead atoms. The van der Waals surface area contributed by atoms with E-state index in [4.69, 9.17) is 10.00 Å². The molecule has 1 saturated carbocycles. The predicted octanol–water partition coefficient (Wildman–Crippen LogP) is 3.67. The molecule has 86 valence electrons. The molecule has 1 aliphatic carbocycles. The van der Waals surface area contributed by atoms with E-state index in [1.54, 1.807) is 0 Å². The SMILES string of the molecule is CC(C)(C#N)CCOC1CCCCCC1. The van der Waals surface area contributed by atoms with Gasteiger partial charge in [0.25, 0.3) is 0 Å². The van der Waals surface area contributed by atoms with Crippen molar-refractivity contribution in [3.8, 4) is 6.07 Å². The van der Waals surface area contributed by atoms with Gasteiger partial charge in [0, 0.05) is 6.61 Å². The molecule has 0 heterocycles. The molecule has 1 aliphatic rings. The third kappa shape index (κ3) is 5.18. The van der Waals surface area contributed by atoms with Gasteiger partial charge < -0.3 is 4.74 Å². The summed E-state index contributed by atoms with van der Waals surface area (Å²) in [5, 5.41) is 8.87. The Bertz CT molecular complexity index is 209. The van der Waals surface area contributed by atoms with Crippen LogP contribution in [0.1, 0.15) is 58.8 Å². The van der Waals surface area contributed by atoms with Crippen LogP contribution in [0, 0.1) is 16.7 Å². The predicted molar refractivity (Wildman–Crippen MR) is 61.5 cm³/mol. The van der Waals surface area contributed by atoms with Gasteiger partial charge in [0.2, 0.25) is 0 Å². The lowest BCUT2D eigenvalue weighted by atomic mass is 9.92. The summed E-state index contributed by atoms with van der Waals surface area (Å²) >= 11 is 0. The molecule has 0 amide bonds. The molecule has 1 rings (SSSR count). The first-order chi connectivity index (χ1) is 7.14. The van der Waals surface area contributed by atoms with Crippen molar-refractivity contribution in [3.63, 3.8) is 0 Å². The summed E-state index contributed by atoms with van der Waals surface area (Å²) in [5.41, 5.74) is -0.231. The van der Waals surface area contributed by atoms with Crippen LogP contribution in [0.4, 0.5) is 0 Å². The van der Waals surface area contributed by atoms with Crippen LogP contribution in [-0.4, -0.2) is 12.7 Å². The molecule has 0 aromatic rings. The Hall–Kier alpha value is -0.550. The number of nitriles is 1. The molecule has 0 unspecified atom stereocenters. The molecule has 0 aliphatic heterocycles. The third-order valence-corrected chi connectivity index (χ3v) is 3.19. The van der Waals surface area contributed by atoms with Gasteiger partial charge in [-0.25, -0.2) is 0 Å². The van der Waals surface area contributed by atoms with Crippen LogP contribution in [0.5, 0.6) is 0 Å². The van der Waals surface area contributed by atoms with Crippen LogP contribution in [0.15, 0.2) is 0 Å². The van der Waals surface area contributed by atoms with E-state index in [9.17, 15) is 0 Å². The van der Waals surface area contributed by atoms with Gasteiger partial charge in [-0.2, -0.15) is 5.26 Å². The quantitative estimate of drug-likeness (QED) is 0.662. The van der Waals surface area contributed by atoms with Gasteiger partial charge in [0.05, 0.1) is 17.6 Å². The Morgan fingerprint density at radius 2 is 1.80 bits per heavy atom. The first-order valence-corrected chi connectivity index (χ1v) is 6.17. The topological polar surface area (TPSA) is 33.0 Å². The smallest absolute Gasteiger partial charge is 0.0684 e. The fourth-order valence-corrected chi connectivity index (χ4v) is 1.95. The van der Waals surface area contributed by atoms with E-state index in [1.807, 2.05) is 13.8 Å². The summed E-state index contributed by atoms with van der Waals surface area (Å²) in [4.78, 5) is 0. The number of hydrogen-bond donors (Lipinski definition) is 0. The fourth-order valence-electron chi connectivity index (χ4n) is 1.95. The Balaban J connectivity index is 2.16. The summed E-state index contributed by atoms with van der Waals surface area (Å²) in [6.45, 7) is 4.69. The van der Waals surface area contributed by atoms with Gasteiger partial charge in [-0.3, -0.25) is 0 Å². The monoisotopic (exact) mass is 209 g/mol. The van der Waals surface area contributed by atoms with Crippen molar-refractivity contribution in [2.24, 2.45) is 5.41 Å². The zero-order chi connectivity index (χ0) is 11.1. The van der Waals surface area contributed by atoms with Crippen molar-refractivity contribution < 1.29 is 4.74 Å². The zero-order valence-corrected chi connectivity index (χ0v) is 10.1. The molecule has 15 heavy (non-hydrogen) atoms. The van der Waals surface area contributed by atoms with Gasteiger partial charge in [0.1, 0.15) is 0 Å². The summed E-state index contributed by atoms with van der Waals surface area (Å²) < 4.78 is 5.85. The molecule has 0 spiro atoms. The fraction of sp³-hybridized carbons (Fsp3) is 0.923. The Morgan fingerprint density at radius 3 is 2.33 bits per heavy atom. The van der Waals surface area contributed by atoms with Crippen molar-refractivity contribution in [1.82, 2.24) is 0 Å². The van der Waals surface area contributed by atoms with Crippen molar-refractivity contribution in [1.29, 1.82) is 5.26 Å². The minimum absolute atomic E-state index is 0.231. The standard InChI is InChI=1S/C13H23NO/c1-13(2,11-14)9-10-15-12-7-5-3-4-6-8-12/h12H,3-10H2,1-2H3. The normalized spacial score (nSPS) is 19.5.